The normalized spacial score (nSPS) is 11.0. The highest BCUT2D eigenvalue weighted by molar-refractivity contribution is 4.47. The second kappa shape index (κ2) is 16.8. The summed E-state index contributed by atoms with van der Waals surface area (Å²) in [5, 5.41) is 3.40. The molecule has 110 valence electrons. The zero-order chi connectivity index (χ0) is 13.3. The molecular weight excluding hydrogens is 230 g/mol. The van der Waals surface area contributed by atoms with Crippen LogP contribution in [-0.2, 0) is 14.2 Å². The first-order valence-corrected chi connectivity index (χ1v) is 7.27. The van der Waals surface area contributed by atoms with Crippen molar-refractivity contribution in [3.05, 3.63) is 0 Å². The van der Waals surface area contributed by atoms with E-state index in [0.717, 1.165) is 39.3 Å². The Labute approximate surface area is 112 Å². The fourth-order valence-corrected chi connectivity index (χ4v) is 1.54. The summed E-state index contributed by atoms with van der Waals surface area (Å²) in [6.07, 6.45) is 5.86. The van der Waals surface area contributed by atoms with Crippen LogP contribution in [0.5, 0.6) is 0 Å². The maximum atomic E-state index is 5.54. The van der Waals surface area contributed by atoms with Gasteiger partial charge in [-0.25, -0.2) is 0 Å². The lowest BCUT2D eigenvalue weighted by atomic mass is 10.2. The molecule has 0 saturated heterocycles. The Morgan fingerprint density at radius 2 is 1.44 bits per heavy atom. The van der Waals surface area contributed by atoms with Gasteiger partial charge in [-0.1, -0.05) is 6.92 Å². The minimum absolute atomic E-state index is 0.674. The minimum Gasteiger partial charge on any atom is -0.382 e. The summed E-state index contributed by atoms with van der Waals surface area (Å²) < 4.78 is 15.8. The summed E-state index contributed by atoms with van der Waals surface area (Å²) in [6.45, 7) is 8.28. The predicted octanol–water partition coefficient (Wildman–Crippen LogP) is 2.23. The van der Waals surface area contributed by atoms with E-state index in [-0.39, 0.29) is 0 Å². The van der Waals surface area contributed by atoms with Crippen LogP contribution in [0.2, 0.25) is 0 Å². The van der Waals surface area contributed by atoms with Crippen LogP contribution in [0.4, 0.5) is 0 Å². The zero-order valence-corrected chi connectivity index (χ0v) is 12.2. The second-order valence-electron chi connectivity index (χ2n) is 4.38. The van der Waals surface area contributed by atoms with Crippen molar-refractivity contribution in [3.8, 4) is 0 Å². The molecule has 0 aliphatic rings. The first-order chi connectivity index (χ1) is 8.91. The van der Waals surface area contributed by atoms with E-state index in [0.29, 0.717) is 13.2 Å². The molecule has 0 fully saturated rings. The van der Waals surface area contributed by atoms with E-state index in [2.05, 4.69) is 12.2 Å². The highest BCUT2D eigenvalue weighted by Gasteiger charge is 1.92. The summed E-state index contributed by atoms with van der Waals surface area (Å²) in [5.74, 6) is 0. The van der Waals surface area contributed by atoms with Gasteiger partial charge in [0.15, 0.2) is 0 Å². The first-order valence-electron chi connectivity index (χ1n) is 7.27. The van der Waals surface area contributed by atoms with Gasteiger partial charge in [0.25, 0.3) is 0 Å². The van der Waals surface area contributed by atoms with Gasteiger partial charge in [-0.2, -0.15) is 0 Å². The molecule has 0 heterocycles. The number of rotatable bonds is 15. The van der Waals surface area contributed by atoms with Crippen molar-refractivity contribution in [1.29, 1.82) is 0 Å². The number of methoxy groups -OCH3 is 1. The van der Waals surface area contributed by atoms with Crippen molar-refractivity contribution >= 4 is 0 Å². The lowest BCUT2D eigenvalue weighted by molar-refractivity contribution is 0.0508. The van der Waals surface area contributed by atoms with Gasteiger partial charge in [0.05, 0.1) is 13.2 Å². The number of unbranched alkanes of at least 4 members (excludes halogenated alkanes) is 2. The van der Waals surface area contributed by atoms with Crippen LogP contribution in [0.25, 0.3) is 0 Å². The van der Waals surface area contributed by atoms with Gasteiger partial charge >= 0.3 is 0 Å². The van der Waals surface area contributed by atoms with E-state index >= 15 is 0 Å². The number of hydrogen-bond donors (Lipinski definition) is 1. The Balaban J connectivity index is 2.86. The molecule has 0 aromatic heterocycles. The Bertz CT molecular complexity index is 129. The van der Waals surface area contributed by atoms with Gasteiger partial charge < -0.3 is 19.5 Å². The van der Waals surface area contributed by atoms with E-state index in [4.69, 9.17) is 14.2 Å². The van der Waals surface area contributed by atoms with Crippen molar-refractivity contribution < 1.29 is 14.2 Å². The molecule has 1 N–H and O–H groups in total. The lowest BCUT2D eigenvalue weighted by Crippen LogP contribution is -2.15. The highest BCUT2D eigenvalue weighted by atomic mass is 16.5. The average Bonchev–Trinajstić information content (AvgIpc) is 2.39. The van der Waals surface area contributed by atoms with Gasteiger partial charge in [-0.15, -0.1) is 0 Å². The van der Waals surface area contributed by atoms with Gasteiger partial charge in [-0.3, -0.25) is 0 Å². The topological polar surface area (TPSA) is 39.7 Å². The first kappa shape index (κ1) is 17.8. The summed E-state index contributed by atoms with van der Waals surface area (Å²) in [7, 11) is 1.68. The van der Waals surface area contributed by atoms with Crippen LogP contribution < -0.4 is 5.32 Å². The third-order valence-electron chi connectivity index (χ3n) is 2.58. The largest absolute Gasteiger partial charge is 0.382 e. The van der Waals surface area contributed by atoms with Crippen LogP contribution in [0.3, 0.4) is 0 Å². The predicted molar refractivity (Wildman–Crippen MR) is 75.1 cm³/mol. The monoisotopic (exact) mass is 261 g/mol. The standard InChI is InChI=1S/C14H31NO3/c1-3-8-15-9-5-4-6-10-17-11-7-12-18-14-13-16-2/h15H,3-14H2,1-2H3. The van der Waals surface area contributed by atoms with E-state index in [9.17, 15) is 0 Å². The van der Waals surface area contributed by atoms with Gasteiger partial charge in [0.2, 0.25) is 0 Å². The second-order valence-corrected chi connectivity index (χ2v) is 4.38. The number of hydrogen-bond acceptors (Lipinski definition) is 4. The van der Waals surface area contributed by atoms with Crippen molar-refractivity contribution in [2.75, 3.05) is 53.2 Å². The van der Waals surface area contributed by atoms with Crippen molar-refractivity contribution in [3.63, 3.8) is 0 Å². The molecule has 18 heavy (non-hydrogen) atoms. The molecular formula is C14H31NO3. The molecule has 0 unspecified atom stereocenters. The van der Waals surface area contributed by atoms with Crippen molar-refractivity contribution in [2.45, 2.75) is 39.0 Å². The lowest BCUT2D eigenvalue weighted by Gasteiger charge is -2.06. The van der Waals surface area contributed by atoms with Crippen LogP contribution in [-0.4, -0.2) is 53.2 Å². The summed E-state index contributed by atoms with van der Waals surface area (Å²) in [4.78, 5) is 0. The van der Waals surface area contributed by atoms with Crippen LogP contribution in [0, 0.1) is 0 Å². The molecule has 4 nitrogen and oxygen atoms in total. The van der Waals surface area contributed by atoms with Crippen molar-refractivity contribution in [2.24, 2.45) is 0 Å². The molecule has 0 rings (SSSR count). The molecule has 0 aromatic rings. The SMILES string of the molecule is CCCNCCCCCOCCCOCCOC. The molecule has 0 aliphatic carbocycles. The smallest absolute Gasteiger partial charge is 0.0700 e. The quantitative estimate of drug-likeness (QED) is 0.459. The Morgan fingerprint density at radius 3 is 2.17 bits per heavy atom. The molecule has 0 spiro atoms. The fraction of sp³-hybridized carbons (Fsp3) is 1.00. The molecule has 0 radical (unpaired) electrons. The maximum absolute atomic E-state index is 5.54. The Hall–Kier alpha value is -0.160. The molecule has 4 heteroatoms. The average molecular weight is 261 g/mol. The third kappa shape index (κ3) is 15.8. The van der Waals surface area contributed by atoms with Gasteiger partial charge in [0, 0.05) is 26.9 Å². The fourth-order valence-electron chi connectivity index (χ4n) is 1.54. The van der Waals surface area contributed by atoms with Crippen LogP contribution in [0.1, 0.15) is 39.0 Å². The molecule has 0 atom stereocenters. The van der Waals surface area contributed by atoms with E-state index in [1.807, 2.05) is 0 Å². The van der Waals surface area contributed by atoms with E-state index in [1.54, 1.807) is 7.11 Å². The zero-order valence-electron chi connectivity index (χ0n) is 12.2. The number of nitrogens with one attached hydrogen (secondary N) is 1. The van der Waals surface area contributed by atoms with Gasteiger partial charge in [0.1, 0.15) is 0 Å². The van der Waals surface area contributed by atoms with Crippen LogP contribution >= 0.6 is 0 Å². The van der Waals surface area contributed by atoms with E-state index < -0.39 is 0 Å². The highest BCUT2D eigenvalue weighted by Crippen LogP contribution is 1.95. The summed E-state index contributed by atoms with van der Waals surface area (Å²) in [5.41, 5.74) is 0. The van der Waals surface area contributed by atoms with E-state index in [1.165, 1.54) is 25.7 Å². The molecule has 0 saturated carbocycles. The Kier molecular flexibility index (Phi) is 16.7. The minimum atomic E-state index is 0.674. The third-order valence-corrected chi connectivity index (χ3v) is 2.58. The number of ether oxygens (including phenoxy) is 3. The van der Waals surface area contributed by atoms with Gasteiger partial charge in [-0.05, 0) is 45.2 Å². The van der Waals surface area contributed by atoms with Crippen molar-refractivity contribution in [1.82, 2.24) is 5.32 Å². The molecule has 0 aliphatic heterocycles. The van der Waals surface area contributed by atoms with Crippen LogP contribution in [0.15, 0.2) is 0 Å². The summed E-state index contributed by atoms with van der Waals surface area (Å²) >= 11 is 0. The molecule has 0 amide bonds. The Morgan fingerprint density at radius 1 is 0.722 bits per heavy atom. The molecule has 0 bridgehead atoms. The molecule has 0 aromatic carbocycles. The maximum Gasteiger partial charge on any atom is 0.0700 e. The summed E-state index contributed by atoms with van der Waals surface area (Å²) in [6, 6.07) is 0.